The van der Waals surface area contributed by atoms with Crippen molar-refractivity contribution in [3.63, 3.8) is 0 Å². The molecule has 1 aromatic heterocycles. The molecule has 0 spiro atoms. The van der Waals surface area contributed by atoms with E-state index in [4.69, 9.17) is 4.74 Å². The van der Waals surface area contributed by atoms with E-state index in [1.165, 1.54) is 0 Å². The van der Waals surface area contributed by atoms with E-state index in [0.29, 0.717) is 24.1 Å². The van der Waals surface area contributed by atoms with Crippen molar-refractivity contribution in [2.24, 2.45) is 17.8 Å². The molecule has 80 valence electrons. The van der Waals surface area contributed by atoms with Crippen molar-refractivity contribution < 1.29 is 9.53 Å². The van der Waals surface area contributed by atoms with Crippen LogP contribution in [0.2, 0.25) is 0 Å². The van der Waals surface area contributed by atoms with Gasteiger partial charge >= 0.3 is 0 Å². The number of hydrogen-bond donors (Lipinski definition) is 0. The highest BCUT2D eigenvalue weighted by molar-refractivity contribution is 5.98. The van der Waals surface area contributed by atoms with Crippen molar-refractivity contribution in [2.45, 2.75) is 13.5 Å². The lowest BCUT2D eigenvalue weighted by Crippen LogP contribution is -2.15. The summed E-state index contributed by atoms with van der Waals surface area (Å²) >= 11 is 0. The molecule has 0 amide bonds. The van der Waals surface area contributed by atoms with Gasteiger partial charge in [-0.15, -0.1) is 5.10 Å². The maximum Gasteiger partial charge on any atom is 0.186 e. The zero-order valence-electron chi connectivity index (χ0n) is 8.59. The number of aryl methyl sites for hydroxylation is 1. The molecule has 0 radical (unpaired) electrons. The molecule has 2 fully saturated rings. The molecule has 1 aromatic rings. The fourth-order valence-corrected chi connectivity index (χ4v) is 2.48. The number of hydrogen-bond acceptors (Lipinski definition) is 4. The van der Waals surface area contributed by atoms with Gasteiger partial charge in [0.1, 0.15) is 5.69 Å². The molecule has 1 saturated carbocycles. The molecule has 2 unspecified atom stereocenters. The largest absolute Gasteiger partial charge is 0.381 e. The molecule has 5 nitrogen and oxygen atoms in total. The van der Waals surface area contributed by atoms with Crippen LogP contribution >= 0.6 is 0 Å². The van der Waals surface area contributed by atoms with Crippen LogP contribution in [0.4, 0.5) is 0 Å². The van der Waals surface area contributed by atoms with Gasteiger partial charge < -0.3 is 4.74 Å². The Hall–Kier alpha value is -1.23. The lowest BCUT2D eigenvalue weighted by atomic mass is 10.1. The summed E-state index contributed by atoms with van der Waals surface area (Å²) in [5.41, 5.74) is 0.650. The average Bonchev–Trinajstić information content (AvgIpc) is 2.72. The smallest absolute Gasteiger partial charge is 0.186 e. The quantitative estimate of drug-likeness (QED) is 0.672. The molecule has 3 rings (SSSR count). The lowest BCUT2D eigenvalue weighted by Gasteiger charge is -2.04. The Morgan fingerprint density at radius 3 is 3.00 bits per heavy atom. The first-order chi connectivity index (χ1) is 7.33. The molecular weight excluding hydrogens is 194 g/mol. The van der Waals surface area contributed by atoms with Crippen LogP contribution in [0.15, 0.2) is 6.20 Å². The number of aromatic nitrogens is 3. The Morgan fingerprint density at radius 1 is 1.60 bits per heavy atom. The fraction of sp³-hybridized carbons (Fsp3) is 0.700. The summed E-state index contributed by atoms with van der Waals surface area (Å²) in [4.78, 5) is 12.1. The standard InChI is InChI=1S/C10H13N3O2/c1-2-13-8(3-11-12-13)10(14)9-6-4-15-5-7(6)9/h3,6-7,9H,2,4-5H2,1H3. The van der Waals surface area contributed by atoms with E-state index in [0.717, 1.165) is 13.2 Å². The topological polar surface area (TPSA) is 57.0 Å². The highest BCUT2D eigenvalue weighted by Gasteiger charge is 2.58. The van der Waals surface area contributed by atoms with Crippen LogP contribution < -0.4 is 0 Å². The first kappa shape index (κ1) is 9.03. The third-order valence-corrected chi connectivity index (χ3v) is 3.42. The van der Waals surface area contributed by atoms with E-state index in [1.807, 2.05) is 6.92 Å². The molecule has 0 aromatic carbocycles. The van der Waals surface area contributed by atoms with Gasteiger partial charge in [0.2, 0.25) is 0 Å². The molecule has 1 aliphatic carbocycles. The molecule has 1 aliphatic heterocycles. The van der Waals surface area contributed by atoms with Gasteiger partial charge in [-0.1, -0.05) is 5.21 Å². The monoisotopic (exact) mass is 207 g/mol. The van der Waals surface area contributed by atoms with Crippen LogP contribution in [-0.2, 0) is 11.3 Å². The molecule has 2 atom stereocenters. The van der Waals surface area contributed by atoms with Crippen LogP contribution in [0, 0.1) is 17.8 Å². The minimum absolute atomic E-state index is 0.169. The summed E-state index contributed by atoms with van der Waals surface area (Å²) in [6.45, 7) is 4.14. The number of rotatable bonds is 3. The van der Waals surface area contributed by atoms with Gasteiger partial charge in [0, 0.05) is 12.5 Å². The van der Waals surface area contributed by atoms with Gasteiger partial charge in [-0.2, -0.15) is 0 Å². The van der Waals surface area contributed by atoms with Crippen molar-refractivity contribution in [1.82, 2.24) is 15.0 Å². The Kier molecular flexibility index (Phi) is 1.88. The van der Waals surface area contributed by atoms with E-state index in [-0.39, 0.29) is 11.7 Å². The predicted octanol–water partition coefficient (Wildman–Crippen LogP) is 0.373. The fourth-order valence-electron chi connectivity index (χ4n) is 2.48. The second-order valence-corrected chi connectivity index (χ2v) is 4.19. The van der Waals surface area contributed by atoms with Crippen molar-refractivity contribution in [3.8, 4) is 0 Å². The van der Waals surface area contributed by atoms with Gasteiger partial charge in [0.25, 0.3) is 0 Å². The summed E-state index contributed by atoms with van der Waals surface area (Å²) in [5.74, 6) is 1.28. The number of carbonyl (C=O) groups excluding carboxylic acids is 1. The van der Waals surface area contributed by atoms with Crippen LogP contribution in [0.25, 0.3) is 0 Å². The highest BCUT2D eigenvalue weighted by Crippen LogP contribution is 2.52. The van der Waals surface area contributed by atoms with E-state index in [1.54, 1.807) is 10.9 Å². The highest BCUT2D eigenvalue weighted by atomic mass is 16.5. The first-order valence-electron chi connectivity index (χ1n) is 5.33. The molecule has 15 heavy (non-hydrogen) atoms. The van der Waals surface area contributed by atoms with Crippen molar-refractivity contribution in [2.75, 3.05) is 13.2 Å². The third-order valence-electron chi connectivity index (χ3n) is 3.42. The van der Waals surface area contributed by atoms with E-state index >= 15 is 0 Å². The SMILES string of the molecule is CCn1nncc1C(=O)C1C2COCC21. The zero-order valence-corrected chi connectivity index (χ0v) is 8.59. The summed E-state index contributed by atoms with van der Waals surface area (Å²) in [5, 5.41) is 7.65. The molecule has 1 saturated heterocycles. The first-order valence-corrected chi connectivity index (χ1v) is 5.33. The van der Waals surface area contributed by atoms with E-state index < -0.39 is 0 Å². The van der Waals surface area contributed by atoms with Crippen LogP contribution in [0.3, 0.4) is 0 Å². The maximum absolute atomic E-state index is 12.1. The summed E-state index contributed by atoms with van der Waals surface area (Å²) < 4.78 is 6.93. The second kappa shape index (κ2) is 3.13. The Bertz CT molecular complexity index is 391. The number of Topliss-reactive ketones (excluding diaryl/α,β-unsaturated/α-hetero) is 1. The van der Waals surface area contributed by atoms with Crippen LogP contribution in [0.5, 0.6) is 0 Å². The summed E-state index contributed by atoms with van der Waals surface area (Å²) in [6, 6.07) is 0. The molecule has 0 N–H and O–H groups in total. The van der Waals surface area contributed by atoms with E-state index in [9.17, 15) is 4.79 Å². The van der Waals surface area contributed by atoms with Gasteiger partial charge in [-0.25, -0.2) is 4.68 Å². The summed E-state index contributed by atoms with van der Waals surface area (Å²) in [6.07, 6.45) is 1.57. The molecule has 0 bridgehead atoms. The molecule has 5 heteroatoms. The van der Waals surface area contributed by atoms with Crippen molar-refractivity contribution >= 4 is 5.78 Å². The Labute approximate surface area is 87.4 Å². The number of ketones is 1. The normalized spacial score (nSPS) is 32.7. The Morgan fingerprint density at radius 2 is 2.33 bits per heavy atom. The lowest BCUT2D eigenvalue weighted by molar-refractivity contribution is 0.0883. The second-order valence-electron chi connectivity index (χ2n) is 4.19. The van der Waals surface area contributed by atoms with Gasteiger partial charge in [-0.3, -0.25) is 4.79 Å². The maximum atomic E-state index is 12.1. The van der Waals surface area contributed by atoms with Gasteiger partial charge in [-0.05, 0) is 18.8 Å². The van der Waals surface area contributed by atoms with Gasteiger partial charge in [0.05, 0.1) is 19.4 Å². The molecule has 2 aliphatic rings. The Balaban J connectivity index is 1.81. The molecular formula is C10H13N3O2. The van der Waals surface area contributed by atoms with Gasteiger partial charge in [0.15, 0.2) is 5.78 Å². The third kappa shape index (κ3) is 1.23. The number of ether oxygens (including phenoxy) is 1. The zero-order chi connectivity index (χ0) is 10.4. The minimum atomic E-state index is 0.169. The van der Waals surface area contributed by atoms with Crippen LogP contribution in [-0.4, -0.2) is 34.0 Å². The predicted molar refractivity (Wildman–Crippen MR) is 51.3 cm³/mol. The molecule has 2 heterocycles. The van der Waals surface area contributed by atoms with E-state index in [2.05, 4.69) is 10.3 Å². The summed E-state index contributed by atoms with van der Waals surface area (Å²) in [7, 11) is 0. The minimum Gasteiger partial charge on any atom is -0.381 e. The van der Waals surface area contributed by atoms with Crippen LogP contribution in [0.1, 0.15) is 17.4 Å². The van der Waals surface area contributed by atoms with Crippen molar-refractivity contribution in [1.29, 1.82) is 0 Å². The average molecular weight is 207 g/mol. The van der Waals surface area contributed by atoms with Crippen molar-refractivity contribution in [3.05, 3.63) is 11.9 Å². The number of carbonyl (C=O) groups is 1. The number of fused-ring (bicyclic) bond motifs is 1. The number of nitrogens with zero attached hydrogens (tertiary/aromatic N) is 3.